The van der Waals surface area contributed by atoms with Crippen molar-refractivity contribution in [2.45, 2.75) is 52.1 Å². The summed E-state index contributed by atoms with van der Waals surface area (Å²) < 4.78 is 5.89. The van der Waals surface area contributed by atoms with Crippen LogP contribution in [-0.2, 0) is 11.2 Å². The molecule has 118 valence electrons. The maximum Gasteiger partial charge on any atom is 0.145 e. The first-order chi connectivity index (χ1) is 10.3. The van der Waals surface area contributed by atoms with Gasteiger partial charge in [0.15, 0.2) is 0 Å². The topological polar surface area (TPSA) is 76.3 Å². The van der Waals surface area contributed by atoms with Gasteiger partial charge in [-0.05, 0) is 25.7 Å². The molecule has 1 aliphatic rings. The molecule has 0 spiro atoms. The van der Waals surface area contributed by atoms with Crippen LogP contribution in [-0.4, -0.2) is 35.8 Å². The SMILES string of the molecule is CCCOC1CCCN(c2cc(NN)nc(CCC)n2)C1. The second kappa shape index (κ2) is 8.14. The van der Waals surface area contributed by atoms with Crippen molar-refractivity contribution >= 4 is 11.6 Å². The van der Waals surface area contributed by atoms with E-state index in [1.165, 1.54) is 0 Å². The van der Waals surface area contributed by atoms with Crippen LogP contribution in [0.5, 0.6) is 0 Å². The lowest BCUT2D eigenvalue weighted by atomic mass is 10.1. The first-order valence-electron chi connectivity index (χ1n) is 7.98. The Morgan fingerprint density at radius 3 is 2.95 bits per heavy atom. The molecule has 0 bridgehead atoms. The van der Waals surface area contributed by atoms with Crippen molar-refractivity contribution in [1.82, 2.24) is 9.97 Å². The highest BCUT2D eigenvalue weighted by molar-refractivity contribution is 5.49. The molecule has 1 aromatic heterocycles. The molecule has 3 N–H and O–H groups in total. The van der Waals surface area contributed by atoms with Crippen molar-refractivity contribution < 1.29 is 4.74 Å². The Labute approximate surface area is 127 Å². The smallest absolute Gasteiger partial charge is 0.145 e. The second-order valence-corrected chi connectivity index (χ2v) is 5.50. The lowest BCUT2D eigenvalue weighted by molar-refractivity contribution is 0.0439. The first kappa shape index (κ1) is 16.0. The number of hydrogen-bond acceptors (Lipinski definition) is 6. The number of anilines is 2. The van der Waals surface area contributed by atoms with Crippen LogP contribution >= 0.6 is 0 Å². The Bertz CT molecular complexity index is 440. The minimum Gasteiger partial charge on any atom is -0.376 e. The largest absolute Gasteiger partial charge is 0.376 e. The molecule has 6 heteroatoms. The number of nitrogens with one attached hydrogen (secondary N) is 1. The summed E-state index contributed by atoms with van der Waals surface area (Å²) in [5.74, 6) is 8.00. The maximum atomic E-state index is 5.89. The first-order valence-corrected chi connectivity index (χ1v) is 7.98. The molecule has 0 amide bonds. The number of ether oxygens (including phenoxy) is 1. The second-order valence-electron chi connectivity index (χ2n) is 5.50. The van der Waals surface area contributed by atoms with Gasteiger partial charge in [-0.25, -0.2) is 15.8 Å². The molecule has 2 heterocycles. The van der Waals surface area contributed by atoms with E-state index < -0.39 is 0 Å². The van der Waals surface area contributed by atoms with Crippen LogP contribution in [0.3, 0.4) is 0 Å². The van der Waals surface area contributed by atoms with Crippen LogP contribution < -0.4 is 16.2 Å². The molecule has 1 saturated heterocycles. The van der Waals surface area contributed by atoms with Gasteiger partial charge in [0.05, 0.1) is 6.10 Å². The van der Waals surface area contributed by atoms with Gasteiger partial charge in [-0.1, -0.05) is 13.8 Å². The highest BCUT2D eigenvalue weighted by Gasteiger charge is 2.22. The predicted octanol–water partition coefficient (Wildman–Crippen LogP) is 2.11. The van der Waals surface area contributed by atoms with Crippen molar-refractivity contribution in [1.29, 1.82) is 0 Å². The number of piperidine rings is 1. The molecule has 1 atom stereocenters. The van der Waals surface area contributed by atoms with Crippen LogP contribution in [0.15, 0.2) is 6.07 Å². The summed E-state index contributed by atoms with van der Waals surface area (Å²) in [5.41, 5.74) is 2.64. The van der Waals surface area contributed by atoms with Crippen LogP contribution in [0.25, 0.3) is 0 Å². The molecule has 1 fully saturated rings. The Hall–Kier alpha value is -1.40. The lowest BCUT2D eigenvalue weighted by Gasteiger charge is -2.33. The number of nitrogens with zero attached hydrogens (tertiary/aromatic N) is 3. The van der Waals surface area contributed by atoms with Crippen molar-refractivity contribution in [2.24, 2.45) is 5.84 Å². The van der Waals surface area contributed by atoms with E-state index >= 15 is 0 Å². The average Bonchev–Trinajstić information content (AvgIpc) is 2.53. The zero-order valence-electron chi connectivity index (χ0n) is 13.1. The summed E-state index contributed by atoms with van der Waals surface area (Å²) in [7, 11) is 0. The summed E-state index contributed by atoms with van der Waals surface area (Å²) in [5, 5.41) is 0. The van der Waals surface area contributed by atoms with Crippen molar-refractivity contribution in [2.75, 3.05) is 30.0 Å². The monoisotopic (exact) mass is 293 g/mol. The number of rotatable bonds is 7. The van der Waals surface area contributed by atoms with E-state index in [0.29, 0.717) is 11.9 Å². The molecule has 21 heavy (non-hydrogen) atoms. The number of nitrogens with two attached hydrogens (primary N) is 1. The Morgan fingerprint density at radius 2 is 2.24 bits per heavy atom. The summed E-state index contributed by atoms with van der Waals surface area (Å²) >= 11 is 0. The third-order valence-corrected chi connectivity index (χ3v) is 3.64. The quantitative estimate of drug-likeness (QED) is 0.592. The van der Waals surface area contributed by atoms with Crippen molar-refractivity contribution in [3.8, 4) is 0 Å². The third kappa shape index (κ3) is 4.54. The molecule has 0 aromatic carbocycles. The highest BCUT2D eigenvalue weighted by Crippen LogP contribution is 2.22. The van der Waals surface area contributed by atoms with Gasteiger partial charge in [0.1, 0.15) is 17.5 Å². The van der Waals surface area contributed by atoms with Gasteiger partial charge < -0.3 is 15.1 Å². The molecule has 0 saturated carbocycles. The molecule has 1 aliphatic heterocycles. The number of nitrogen functional groups attached to an aromatic ring is 1. The summed E-state index contributed by atoms with van der Waals surface area (Å²) in [6, 6.07) is 1.92. The summed E-state index contributed by atoms with van der Waals surface area (Å²) in [6.45, 7) is 7.01. The number of hydrogen-bond donors (Lipinski definition) is 2. The van der Waals surface area contributed by atoms with Gasteiger partial charge in [-0.3, -0.25) is 0 Å². The Morgan fingerprint density at radius 1 is 1.38 bits per heavy atom. The van der Waals surface area contributed by atoms with Crippen molar-refractivity contribution in [3.05, 3.63) is 11.9 Å². The van der Waals surface area contributed by atoms with Gasteiger partial charge in [0.2, 0.25) is 0 Å². The van der Waals surface area contributed by atoms with Gasteiger partial charge in [0.25, 0.3) is 0 Å². The van der Waals surface area contributed by atoms with Gasteiger partial charge >= 0.3 is 0 Å². The minimum absolute atomic E-state index is 0.303. The van der Waals surface area contributed by atoms with Gasteiger partial charge in [-0.2, -0.15) is 0 Å². The summed E-state index contributed by atoms with van der Waals surface area (Å²) in [4.78, 5) is 11.4. The molecule has 1 unspecified atom stereocenters. The fourth-order valence-corrected chi connectivity index (χ4v) is 2.62. The fraction of sp³-hybridized carbons (Fsp3) is 0.733. The minimum atomic E-state index is 0.303. The van der Waals surface area contributed by atoms with Crippen LogP contribution in [0.4, 0.5) is 11.6 Å². The molecule has 0 aliphatic carbocycles. The molecule has 1 aromatic rings. The zero-order valence-corrected chi connectivity index (χ0v) is 13.1. The Kier molecular flexibility index (Phi) is 6.20. The van der Waals surface area contributed by atoms with E-state index in [0.717, 1.165) is 63.4 Å². The number of hydrazine groups is 1. The summed E-state index contributed by atoms with van der Waals surface area (Å²) in [6.07, 6.45) is 5.52. The number of aryl methyl sites for hydroxylation is 1. The van der Waals surface area contributed by atoms with Crippen LogP contribution in [0, 0.1) is 0 Å². The Balaban J connectivity index is 2.10. The van der Waals surface area contributed by atoms with E-state index in [9.17, 15) is 0 Å². The normalized spacial score (nSPS) is 18.8. The molecular weight excluding hydrogens is 266 g/mol. The van der Waals surface area contributed by atoms with E-state index in [1.807, 2.05) is 6.07 Å². The molecule has 6 nitrogen and oxygen atoms in total. The van der Waals surface area contributed by atoms with Gasteiger partial charge in [-0.15, -0.1) is 0 Å². The van der Waals surface area contributed by atoms with E-state index in [2.05, 4.69) is 34.1 Å². The van der Waals surface area contributed by atoms with E-state index in [4.69, 9.17) is 10.6 Å². The predicted molar refractivity (Wildman–Crippen MR) is 85.3 cm³/mol. The molecule has 0 radical (unpaired) electrons. The highest BCUT2D eigenvalue weighted by atomic mass is 16.5. The maximum absolute atomic E-state index is 5.89. The van der Waals surface area contributed by atoms with Gasteiger partial charge in [0, 0.05) is 32.2 Å². The third-order valence-electron chi connectivity index (χ3n) is 3.64. The fourth-order valence-electron chi connectivity index (χ4n) is 2.62. The number of aromatic nitrogens is 2. The van der Waals surface area contributed by atoms with Crippen LogP contribution in [0.1, 0.15) is 45.4 Å². The van der Waals surface area contributed by atoms with E-state index in [-0.39, 0.29) is 0 Å². The van der Waals surface area contributed by atoms with Crippen molar-refractivity contribution in [3.63, 3.8) is 0 Å². The average molecular weight is 293 g/mol. The zero-order chi connectivity index (χ0) is 15.1. The molecule has 2 rings (SSSR count). The molecular formula is C15H27N5O. The van der Waals surface area contributed by atoms with Crippen LogP contribution in [0.2, 0.25) is 0 Å². The standard InChI is InChI=1S/C15H27N5O/c1-3-6-13-17-14(19-16)10-15(18-13)20-8-5-7-12(11-20)21-9-4-2/h10,12H,3-9,11,16H2,1-2H3,(H,17,18,19). The lowest BCUT2D eigenvalue weighted by Crippen LogP contribution is -2.40. The van der Waals surface area contributed by atoms with E-state index in [1.54, 1.807) is 0 Å².